The van der Waals surface area contributed by atoms with Crippen LogP contribution in [-0.2, 0) is 20.0 Å². The fourth-order valence-corrected chi connectivity index (χ4v) is 4.24. The molecule has 0 heterocycles. The van der Waals surface area contributed by atoms with Gasteiger partial charge in [0.1, 0.15) is 21.6 Å². The normalized spacial score (nSPS) is 12.3. The molecule has 0 atom stereocenters. The molecule has 0 amide bonds. The minimum atomic E-state index is -3.73. The van der Waals surface area contributed by atoms with Crippen LogP contribution in [0.3, 0.4) is 0 Å². The average Bonchev–Trinajstić information content (AvgIpc) is 2.73. The topological polar surface area (TPSA) is 69.7 Å². The SMILES string of the molecule is CC(C)(Br)C(=O)Oc1ccc(S(=O)(=O)c2ccc(Oc3ccc(C(C)(C)C)cc3)cc2)cc1. The number of hydrogen-bond donors (Lipinski definition) is 0. The van der Waals surface area contributed by atoms with E-state index in [1.807, 2.05) is 24.3 Å². The van der Waals surface area contributed by atoms with Gasteiger partial charge in [0.05, 0.1) is 9.79 Å². The van der Waals surface area contributed by atoms with Gasteiger partial charge in [-0.1, -0.05) is 48.8 Å². The molecule has 0 bridgehead atoms. The van der Waals surface area contributed by atoms with Gasteiger partial charge in [-0.05, 0) is 85.5 Å². The fraction of sp³-hybridized carbons (Fsp3) is 0.269. The number of ether oxygens (including phenoxy) is 2. The summed E-state index contributed by atoms with van der Waals surface area (Å²) in [6, 6.07) is 19.9. The lowest BCUT2D eigenvalue weighted by Gasteiger charge is -2.19. The lowest BCUT2D eigenvalue weighted by atomic mass is 9.87. The van der Waals surface area contributed by atoms with Crippen LogP contribution in [0.15, 0.2) is 82.6 Å². The van der Waals surface area contributed by atoms with Crippen LogP contribution in [0, 0.1) is 0 Å². The molecule has 3 rings (SSSR count). The van der Waals surface area contributed by atoms with Crippen molar-refractivity contribution >= 4 is 31.7 Å². The number of sulfone groups is 1. The van der Waals surface area contributed by atoms with Crippen LogP contribution in [0.4, 0.5) is 0 Å². The number of esters is 1. The number of alkyl halides is 1. The van der Waals surface area contributed by atoms with E-state index in [0.717, 1.165) is 0 Å². The number of carbonyl (C=O) groups excluding carboxylic acids is 1. The van der Waals surface area contributed by atoms with Crippen molar-refractivity contribution in [2.45, 2.75) is 54.1 Å². The van der Waals surface area contributed by atoms with E-state index in [1.165, 1.54) is 42.0 Å². The Kier molecular flexibility index (Phi) is 7.05. The number of benzene rings is 3. The van der Waals surface area contributed by atoms with Gasteiger partial charge in [-0.3, -0.25) is 4.79 Å². The summed E-state index contributed by atoms with van der Waals surface area (Å²) >= 11 is 3.23. The predicted octanol–water partition coefficient (Wildman–Crippen LogP) is 6.69. The van der Waals surface area contributed by atoms with Gasteiger partial charge in [0.25, 0.3) is 0 Å². The molecule has 3 aromatic rings. The molecule has 33 heavy (non-hydrogen) atoms. The Hall–Kier alpha value is -2.64. The van der Waals surface area contributed by atoms with E-state index < -0.39 is 20.1 Å². The van der Waals surface area contributed by atoms with E-state index in [0.29, 0.717) is 11.5 Å². The Balaban J connectivity index is 1.72. The molecule has 0 aromatic heterocycles. The van der Waals surface area contributed by atoms with Gasteiger partial charge in [0.15, 0.2) is 0 Å². The van der Waals surface area contributed by atoms with E-state index in [1.54, 1.807) is 26.0 Å². The molecule has 0 spiro atoms. The molecule has 0 aliphatic rings. The zero-order valence-electron chi connectivity index (χ0n) is 19.3. The standard InChI is InChI=1S/C26H27BrO5S/c1-25(2,3)18-6-8-19(9-7-18)31-20-10-14-22(15-11-20)33(29,30)23-16-12-21(13-17-23)32-24(28)26(4,5)27/h6-17H,1-5H3. The molecule has 0 radical (unpaired) electrons. The van der Waals surface area contributed by atoms with E-state index in [2.05, 4.69) is 36.7 Å². The van der Waals surface area contributed by atoms with E-state index in [-0.39, 0.29) is 21.0 Å². The first-order valence-electron chi connectivity index (χ1n) is 10.4. The number of hydrogen-bond acceptors (Lipinski definition) is 5. The largest absolute Gasteiger partial charge is 0.457 e. The van der Waals surface area contributed by atoms with Crippen LogP contribution in [0.2, 0.25) is 0 Å². The number of halogens is 1. The second-order valence-electron chi connectivity index (χ2n) is 9.18. The minimum Gasteiger partial charge on any atom is -0.457 e. The summed E-state index contributed by atoms with van der Waals surface area (Å²) in [4.78, 5) is 12.2. The molecule has 7 heteroatoms. The molecular formula is C26H27BrO5S. The molecule has 174 valence electrons. The number of rotatable bonds is 6. The average molecular weight is 531 g/mol. The molecule has 5 nitrogen and oxygen atoms in total. The van der Waals surface area contributed by atoms with Crippen LogP contribution in [0.25, 0.3) is 0 Å². The molecular weight excluding hydrogens is 504 g/mol. The minimum absolute atomic E-state index is 0.0545. The van der Waals surface area contributed by atoms with E-state index >= 15 is 0 Å². The van der Waals surface area contributed by atoms with Gasteiger partial charge in [-0.15, -0.1) is 0 Å². The van der Waals surface area contributed by atoms with E-state index in [4.69, 9.17) is 9.47 Å². The van der Waals surface area contributed by atoms with Gasteiger partial charge >= 0.3 is 5.97 Å². The maximum Gasteiger partial charge on any atom is 0.327 e. The van der Waals surface area contributed by atoms with Gasteiger partial charge in [-0.2, -0.15) is 0 Å². The third-order valence-corrected chi connectivity index (χ3v) is 7.03. The summed E-state index contributed by atoms with van der Waals surface area (Å²) in [6.07, 6.45) is 0. The first-order valence-corrected chi connectivity index (χ1v) is 12.7. The van der Waals surface area contributed by atoms with E-state index in [9.17, 15) is 13.2 Å². The molecule has 0 aliphatic heterocycles. The Morgan fingerprint density at radius 3 is 1.48 bits per heavy atom. The molecule has 0 aliphatic carbocycles. The summed E-state index contributed by atoms with van der Waals surface area (Å²) in [6.45, 7) is 9.77. The van der Waals surface area contributed by atoms with Crippen molar-refractivity contribution < 1.29 is 22.7 Å². The molecule has 0 saturated carbocycles. The highest BCUT2D eigenvalue weighted by molar-refractivity contribution is 9.10. The summed E-state index contributed by atoms with van der Waals surface area (Å²) in [5.74, 6) is 1.02. The van der Waals surface area contributed by atoms with Crippen molar-refractivity contribution in [3.63, 3.8) is 0 Å². The molecule has 0 unspecified atom stereocenters. The molecule has 0 fully saturated rings. The smallest absolute Gasteiger partial charge is 0.327 e. The highest BCUT2D eigenvalue weighted by Crippen LogP contribution is 2.29. The first kappa shape index (κ1) is 25.0. The second kappa shape index (κ2) is 9.31. The quantitative estimate of drug-likeness (QED) is 0.201. The molecule has 0 N–H and O–H groups in total. The highest BCUT2D eigenvalue weighted by atomic mass is 79.9. The Labute approximate surface area is 203 Å². The van der Waals surface area contributed by atoms with Crippen LogP contribution in [-0.4, -0.2) is 18.7 Å². The predicted molar refractivity (Wildman–Crippen MR) is 132 cm³/mol. The molecule has 0 saturated heterocycles. The fourth-order valence-electron chi connectivity index (χ4n) is 2.90. The first-order chi connectivity index (χ1) is 15.3. The summed E-state index contributed by atoms with van der Waals surface area (Å²) in [5.41, 5.74) is 1.26. The maximum atomic E-state index is 13.0. The summed E-state index contributed by atoms with van der Waals surface area (Å²) in [7, 11) is -3.73. The zero-order valence-corrected chi connectivity index (χ0v) is 21.7. The highest BCUT2D eigenvalue weighted by Gasteiger charge is 2.26. The second-order valence-corrected chi connectivity index (χ2v) is 13.1. The Morgan fingerprint density at radius 1 is 0.697 bits per heavy atom. The Bertz CT molecular complexity index is 1220. The van der Waals surface area contributed by atoms with Crippen LogP contribution in [0.1, 0.15) is 40.2 Å². The molecule has 3 aromatic carbocycles. The monoisotopic (exact) mass is 530 g/mol. The van der Waals surface area contributed by atoms with Crippen molar-refractivity contribution in [2.24, 2.45) is 0 Å². The van der Waals surface area contributed by atoms with Crippen molar-refractivity contribution in [1.82, 2.24) is 0 Å². The number of carbonyl (C=O) groups is 1. The van der Waals surface area contributed by atoms with Crippen molar-refractivity contribution in [3.05, 3.63) is 78.4 Å². The summed E-state index contributed by atoms with van der Waals surface area (Å²) in [5, 5.41) is 0. The third kappa shape index (κ3) is 6.24. The summed E-state index contributed by atoms with van der Waals surface area (Å²) < 4.78 is 36.2. The maximum absolute atomic E-state index is 13.0. The zero-order chi connectivity index (χ0) is 24.4. The van der Waals surface area contributed by atoms with Crippen molar-refractivity contribution in [2.75, 3.05) is 0 Å². The lowest BCUT2D eigenvalue weighted by Crippen LogP contribution is -2.29. The van der Waals surface area contributed by atoms with Crippen LogP contribution < -0.4 is 9.47 Å². The van der Waals surface area contributed by atoms with Gasteiger partial charge in [0.2, 0.25) is 9.84 Å². The van der Waals surface area contributed by atoms with Gasteiger partial charge in [0, 0.05) is 0 Å². The van der Waals surface area contributed by atoms with Gasteiger partial charge < -0.3 is 9.47 Å². The van der Waals surface area contributed by atoms with Crippen LogP contribution >= 0.6 is 15.9 Å². The lowest BCUT2D eigenvalue weighted by molar-refractivity contribution is -0.136. The van der Waals surface area contributed by atoms with Crippen molar-refractivity contribution in [3.8, 4) is 17.2 Å². The Morgan fingerprint density at radius 2 is 1.09 bits per heavy atom. The van der Waals surface area contributed by atoms with Crippen LogP contribution in [0.5, 0.6) is 17.2 Å². The van der Waals surface area contributed by atoms with Crippen molar-refractivity contribution in [1.29, 1.82) is 0 Å². The third-order valence-electron chi connectivity index (χ3n) is 4.92. The van der Waals surface area contributed by atoms with Gasteiger partial charge in [-0.25, -0.2) is 8.42 Å².